The molecule has 0 saturated carbocycles. The Hall–Kier alpha value is -2.24. The zero-order chi connectivity index (χ0) is 16.5. The highest BCUT2D eigenvalue weighted by atomic mass is 16.2. The molecule has 0 aliphatic heterocycles. The van der Waals surface area contributed by atoms with Crippen molar-refractivity contribution in [1.29, 1.82) is 0 Å². The van der Waals surface area contributed by atoms with E-state index >= 15 is 0 Å². The highest BCUT2D eigenvalue weighted by Gasteiger charge is 2.03. The van der Waals surface area contributed by atoms with Gasteiger partial charge in [0.2, 0.25) is 0 Å². The van der Waals surface area contributed by atoms with Crippen molar-refractivity contribution in [2.45, 2.75) is 40.3 Å². The molecule has 0 fully saturated rings. The second-order valence-electron chi connectivity index (χ2n) is 5.93. The average molecular weight is 305 g/mol. The minimum Gasteiger partial charge on any atom is -0.370 e. The van der Waals surface area contributed by atoms with Crippen molar-refractivity contribution in [1.82, 2.24) is 10.6 Å². The van der Waals surface area contributed by atoms with Gasteiger partial charge in [-0.05, 0) is 37.5 Å². The maximum Gasteiger partial charge on any atom is 0.319 e. The largest absolute Gasteiger partial charge is 0.370 e. The van der Waals surface area contributed by atoms with Crippen LogP contribution in [0.3, 0.4) is 0 Å². The van der Waals surface area contributed by atoms with Crippen molar-refractivity contribution in [2.24, 2.45) is 16.6 Å². The molecule has 0 bridgehead atoms. The number of hydrogen-bond donors (Lipinski definition) is 4. The molecule has 0 radical (unpaired) electrons. The lowest BCUT2D eigenvalue weighted by Gasteiger charge is -2.10. The monoisotopic (exact) mass is 305 g/mol. The summed E-state index contributed by atoms with van der Waals surface area (Å²) in [4.78, 5) is 15.9. The van der Waals surface area contributed by atoms with Crippen LogP contribution < -0.4 is 21.7 Å². The fourth-order valence-corrected chi connectivity index (χ4v) is 1.66. The maximum absolute atomic E-state index is 11.6. The Morgan fingerprint density at radius 2 is 1.82 bits per heavy atom. The van der Waals surface area contributed by atoms with Crippen molar-refractivity contribution in [3.05, 3.63) is 29.8 Å². The zero-order valence-corrected chi connectivity index (χ0v) is 13.8. The molecule has 1 aromatic rings. The van der Waals surface area contributed by atoms with Gasteiger partial charge in [0.1, 0.15) is 0 Å². The number of nitrogens with one attached hydrogen (secondary N) is 3. The fraction of sp³-hybridized carbons (Fsp3) is 0.500. The maximum atomic E-state index is 11.6. The van der Waals surface area contributed by atoms with Gasteiger partial charge in [0, 0.05) is 18.3 Å². The van der Waals surface area contributed by atoms with E-state index in [0.717, 1.165) is 17.8 Å². The number of carbonyl (C=O) groups excluding carboxylic acids is 1. The number of urea groups is 1. The Bertz CT molecular complexity index is 494. The normalized spacial score (nSPS) is 11.6. The lowest BCUT2D eigenvalue weighted by Crippen LogP contribution is -2.34. The molecule has 6 nitrogen and oxygen atoms in total. The fourth-order valence-electron chi connectivity index (χ4n) is 1.66. The lowest BCUT2D eigenvalue weighted by atomic mass is 10.2. The molecule has 6 heteroatoms. The van der Waals surface area contributed by atoms with E-state index < -0.39 is 0 Å². The van der Waals surface area contributed by atoms with Crippen LogP contribution in [0.5, 0.6) is 0 Å². The van der Waals surface area contributed by atoms with Gasteiger partial charge in [-0.3, -0.25) is 0 Å². The van der Waals surface area contributed by atoms with Crippen LogP contribution >= 0.6 is 0 Å². The third kappa shape index (κ3) is 7.52. The predicted octanol–water partition coefficient (Wildman–Crippen LogP) is 2.28. The van der Waals surface area contributed by atoms with E-state index in [1.165, 1.54) is 0 Å². The first-order valence-corrected chi connectivity index (χ1v) is 7.57. The minimum absolute atomic E-state index is 0.106. The number of amides is 2. The number of carbonyl (C=O) groups is 1. The molecule has 0 unspecified atom stereocenters. The van der Waals surface area contributed by atoms with Gasteiger partial charge >= 0.3 is 6.03 Å². The van der Waals surface area contributed by atoms with Gasteiger partial charge in [0.05, 0.1) is 6.54 Å². The quantitative estimate of drug-likeness (QED) is 0.480. The summed E-state index contributed by atoms with van der Waals surface area (Å²) in [5, 5.41) is 8.62. The molecular formula is C16H27N5O. The van der Waals surface area contributed by atoms with E-state index in [1.54, 1.807) is 0 Å². The van der Waals surface area contributed by atoms with Crippen molar-refractivity contribution < 1.29 is 4.79 Å². The standard InChI is InChI=1S/C16H27N5O/c1-11(2)9-18-15(17)19-10-13-5-7-14(8-6-13)21-16(22)20-12(3)4/h5-8,11-12H,9-10H2,1-4H3,(H3,17,18,19)(H2,20,21,22). The highest BCUT2D eigenvalue weighted by Crippen LogP contribution is 2.10. The minimum atomic E-state index is -0.206. The molecule has 0 aromatic heterocycles. The number of anilines is 1. The molecule has 0 aliphatic rings. The molecule has 0 saturated heterocycles. The first-order valence-electron chi connectivity index (χ1n) is 7.57. The van der Waals surface area contributed by atoms with E-state index in [0.29, 0.717) is 18.4 Å². The Morgan fingerprint density at radius 1 is 1.18 bits per heavy atom. The summed E-state index contributed by atoms with van der Waals surface area (Å²) in [7, 11) is 0. The zero-order valence-electron chi connectivity index (χ0n) is 13.8. The first kappa shape index (κ1) is 17.8. The van der Waals surface area contributed by atoms with Gasteiger partial charge in [-0.1, -0.05) is 26.0 Å². The number of hydrogen-bond acceptors (Lipinski definition) is 2. The highest BCUT2D eigenvalue weighted by molar-refractivity contribution is 5.89. The van der Waals surface area contributed by atoms with Gasteiger partial charge in [-0.15, -0.1) is 0 Å². The summed E-state index contributed by atoms with van der Waals surface area (Å²) >= 11 is 0. The number of guanidine groups is 1. The van der Waals surface area contributed by atoms with Gasteiger partial charge in [0.15, 0.2) is 5.96 Å². The second kappa shape index (κ2) is 8.92. The number of aliphatic imine (C=N–C) groups is 1. The second-order valence-corrected chi connectivity index (χ2v) is 5.93. The van der Waals surface area contributed by atoms with Crippen molar-refractivity contribution in [2.75, 3.05) is 11.9 Å². The van der Waals surface area contributed by atoms with E-state index in [1.807, 2.05) is 38.1 Å². The van der Waals surface area contributed by atoms with E-state index in [2.05, 4.69) is 34.8 Å². The molecule has 0 spiro atoms. The van der Waals surface area contributed by atoms with Gasteiger partial charge < -0.3 is 21.7 Å². The van der Waals surface area contributed by atoms with Crippen LogP contribution in [0.1, 0.15) is 33.3 Å². The van der Waals surface area contributed by atoms with Crippen LogP contribution in [-0.2, 0) is 6.54 Å². The van der Waals surface area contributed by atoms with Crippen molar-refractivity contribution in [3.8, 4) is 0 Å². The van der Waals surface area contributed by atoms with Crippen LogP contribution in [0.4, 0.5) is 10.5 Å². The summed E-state index contributed by atoms with van der Waals surface area (Å²) in [6.45, 7) is 9.37. The smallest absolute Gasteiger partial charge is 0.319 e. The van der Waals surface area contributed by atoms with Gasteiger partial charge in [-0.2, -0.15) is 0 Å². The summed E-state index contributed by atoms with van der Waals surface area (Å²) in [6.07, 6.45) is 0. The van der Waals surface area contributed by atoms with Gasteiger partial charge in [-0.25, -0.2) is 9.79 Å². The molecule has 22 heavy (non-hydrogen) atoms. The molecule has 5 N–H and O–H groups in total. The lowest BCUT2D eigenvalue weighted by molar-refractivity contribution is 0.250. The molecule has 0 atom stereocenters. The Morgan fingerprint density at radius 3 is 2.36 bits per heavy atom. The van der Waals surface area contributed by atoms with Crippen LogP contribution in [0.25, 0.3) is 0 Å². The van der Waals surface area contributed by atoms with E-state index in [4.69, 9.17) is 5.73 Å². The summed E-state index contributed by atoms with van der Waals surface area (Å²) < 4.78 is 0. The number of benzene rings is 1. The van der Waals surface area contributed by atoms with E-state index in [9.17, 15) is 4.79 Å². The number of rotatable bonds is 6. The molecule has 0 heterocycles. The Labute approximate surface area is 132 Å². The first-order chi connectivity index (χ1) is 10.4. The third-order valence-corrected chi connectivity index (χ3v) is 2.75. The summed E-state index contributed by atoms with van der Waals surface area (Å²) in [5.41, 5.74) is 7.56. The molecule has 2 amide bonds. The predicted molar refractivity (Wildman–Crippen MR) is 91.9 cm³/mol. The SMILES string of the molecule is CC(C)CNC(N)=NCc1ccc(NC(=O)NC(C)C)cc1. The number of nitrogens with two attached hydrogens (primary N) is 1. The number of nitrogens with zero attached hydrogens (tertiary/aromatic N) is 1. The average Bonchev–Trinajstić information content (AvgIpc) is 2.43. The summed E-state index contributed by atoms with van der Waals surface area (Å²) in [5.74, 6) is 0.975. The molecule has 122 valence electrons. The van der Waals surface area contributed by atoms with Gasteiger partial charge in [0.25, 0.3) is 0 Å². The molecule has 1 rings (SSSR count). The molecular weight excluding hydrogens is 278 g/mol. The topological polar surface area (TPSA) is 91.5 Å². The molecule has 1 aromatic carbocycles. The van der Waals surface area contributed by atoms with Crippen LogP contribution in [0.15, 0.2) is 29.3 Å². The van der Waals surface area contributed by atoms with Crippen LogP contribution in [0.2, 0.25) is 0 Å². The van der Waals surface area contributed by atoms with Crippen LogP contribution in [-0.4, -0.2) is 24.6 Å². The Balaban J connectivity index is 2.48. The van der Waals surface area contributed by atoms with E-state index in [-0.39, 0.29) is 12.1 Å². The van der Waals surface area contributed by atoms with Crippen molar-refractivity contribution in [3.63, 3.8) is 0 Å². The Kier molecular flexibility index (Phi) is 7.22. The third-order valence-electron chi connectivity index (χ3n) is 2.75. The van der Waals surface area contributed by atoms with Crippen LogP contribution in [0, 0.1) is 5.92 Å². The summed E-state index contributed by atoms with van der Waals surface area (Å²) in [6, 6.07) is 7.44. The molecule has 0 aliphatic carbocycles. The van der Waals surface area contributed by atoms with Crippen molar-refractivity contribution >= 4 is 17.7 Å².